The van der Waals surface area contributed by atoms with Crippen LogP contribution in [-0.2, 0) is 30.7 Å². The lowest BCUT2D eigenvalue weighted by molar-refractivity contribution is -0.147. The van der Waals surface area contributed by atoms with Gasteiger partial charge in [-0.2, -0.15) is 0 Å². The van der Waals surface area contributed by atoms with E-state index in [0.717, 1.165) is 0 Å². The second-order valence-electron chi connectivity index (χ2n) is 6.90. The molecule has 3 rings (SSSR count). The van der Waals surface area contributed by atoms with E-state index in [2.05, 4.69) is 10.1 Å². The molecule has 0 aliphatic heterocycles. The fraction of sp³-hybridized carbons (Fsp3) is 0.238. The van der Waals surface area contributed by atoms with Crippen LogP contribution in [0.3, 0.4) is 0 Å². The molecule has 1 aromatic heterocycles. The van der Waals surface area contributed by atoms with Crippen molar-refractivity contribution < 1.29 is 27.5 Å². The minimum Gasteiger partial charge on any atom is -0.467 e. The number of nitrogens with zero attached hydrogens (tertiary/aromatic N) is 1. The lowest BCUT2D eigenvalue weighted by Gasteiger charge is -2.27. The van der Waals surface area contributed by atoms with Crippen molar-refractivity contribution in [1.82, 2.24) is 9.29 Å². The van der Waals surface area contributed by atoms with Crippen molar-refractivity contribution in [2.45, 2.75) is 23.8 Å². The van der Waals surface area contributed by atoms with Crippen molar-refractivity contribution in [3.05, 3.63) is 66.4 Å². The van der Waals surface area contributed by atoms with Gasteiger partial charge in [-0.1, -0.05) is 36.4 Å². The number of rotatable bonds is 6. The molecule has 0 radical (unpaired) electrons. The Balaban J connectivity index is 2.14. The number of para-hydroxylation sites is 1. The van der Waals surface area contributed by atoms with Crippen molar-refractivity contribution >= 4 is 33.0 Å². The van der Waals surface area contributed by atoms with Crippen LogP contribution < -0.4 is 5.32 Å². The molecule has 0 fully saturated rings. The highest BCUT2D eigenvalue weighted by atomic mass is 32.2. The number of amides is 1. The summed E-state index contributed by atoms with van der Waals surface area (Å²) in [5.74, 6) is -0.685. The van der Waals surface area contributed by atoms with Gasteiger partial charge >= 0.3 is 12.1 Å². The second-order valence-corrected chi connectivity index (χ2v) is 8.72. The van der Waals surface area contributed by atoms with Gasteiger partial charge in [0.05, 0.1) is 24.6 Å². The first-order valence-electron chi connectivity index (χ1n) is 9.07. The van der Waals surface area contributed by atoms with E-state index in [1.54, 1.807) is 42.5 Å². The first-order valence-corrected chi connectivity index (χ1v) is 10.5. The summed E-state index contributed by atoms with van der Waals surface area (Å²) < 4.78 is 37.1. The van der Waals surface area contributed by atoms with Gasteiger partial charge in [0.2, 0.25) is 0 Å². The van der Waals surface area contributed by atoms with E-state index in [9.17, 15) is 18.0 Å². The molecular formula is C21H22N2O6S. The van der Waals surface area contributed by atoms with E-state index in [4.69, 9.17) is 4.74 Å². The number of esters is 1. The average Bonchev–Trinajstić information content (AvgIpc) is 3.12. The van der Waals surface area contributed by atoms with Gasteiger partial charge in [-0.3, -0.25) is 0 Å². The van der Waals surface area contributed by atoms with Gasteiger partial charge < -0.3 is 14.8 Å². The Hall–Kier alpha value is -3.33. The summed E-state index contributed by atoms with van der Waals surface area (Å²) in [4.78, 5) is 24.4. The van der Waals surface area contributed by atoms with Gasteiger partial charge in [-0.25, -0.2) is 22.0 Å². The zero-order chi connectivity index (χ0) is 21.9. The Labute approximate surface area is 174 Å². The number of hydrogen-bond donors (Lipinski definition) is 1. The third kappa shape index (κ3) is 3.88. The van der Waals surface area contributed by atoms with E-state index >= 15 is 0 Å². The molecule has 0 aliphatic rings. The largest absolute Gasteiger partial charge is 0.467 e. The highest BCUT2D eigenvalue weighted by Crippen LogP contribution is 2.29. The Morgan fingerprint density at radius 2 is 1.63 bits per heavy atom. The molecule has 2 aromatic carbocycles. The molecule has 1 atom stereocenters. The molecule has 0 bridgehead atoms. The van der Waals surface area contributed by atoms with E-state index in [1.807, 2.05) is 0 Å². The van der Waals surface area contributed by atoms with Crippen LogP contribution in [0.1, 0.15) is 12.5 Å². The minimum atomic E-state index is -3.87. The number of nitrogens with one attached hydrogen (secondary N) is 1. The average molecular weight is 430 g/mol. The molecule has 0 saturated carbocycles. The molecule has 1 amide bonds. The molecule has 0 unspecified atom stereocenters. The number of alkyl carbamates (subject to hydrolysis) is 1. The maximum atomic E-state index is 13.2. The first-order chi connectivity index (χ1) is 14.2. The zero-order valence-electron chi connectivity index (χ0n) is 16.8. The fourth-order valence-electron chi connectivity index (χ4n) is 3.31. The van der Waals surface area contributed by atoms with Crippen molar-refractivity contribution in [3.8, 4) is 0 Å². The Bertz CT molecular complexity index is 1190. The number of methoxy groups -OCH3 is 2. The lowest BCUT2D eigenvalue weighted by Crippen LogP contribution is -2.54. The number of ether oxygens (including phenoxy) is 2. The summed E-state index contributed by atoms with van der Waals surface area (Å²) >= 11 is 0. The molecule has 0 spiro atoms. The number of hydrogen-bond acceptors (Lipinski definition) is 6. The summed E-state index contributed by atoms with van der Waals surface area (Å²) in [5, 5.41) is 3.13. The normalized spacial score (nSPS) is 13.4. The first kappa shape index (κ1) is 21.4. The molecule has 3 aromatic rings. The number of benzene rings is 2. The maximum absolute atomic E-state index is 13.2. The second kappa shape index (κ2) is 8.19. The van der Waals surface area contributed by atoms with Gasteiger partial charge in [0, 0.05) is 18.0 Å². The molecule has 9 heteroatoms. The van der Waals surface area contributed by atoms with Crippen molar-refractivity contribution in [3.63, 3.8) is 0 Å². The van der Waals surface area contributed by atoms with Crippen LogP contribution in [0.15, 0.2) is 65.7 Å². The van der Waals surface area contributed by atoms with Gasteiger partial charge in [0.25, 0.3) is 10.0 Å². The van der Waals surface area contributed by atoms with E-state index in [1.165, 1.54) is 43.4 Å². The summed E-state index contributed by atoms with van der Waals surface area (Å²) in [6.45, 7) is 1.49. The SMILES string of the molecule is COC(=O)N[C@@](C)(Cc1cn(S(=O)(=O)c2ccccc2)c2ccccc12)C(=O)OC. The van der Waals surface area contributed by atoms with E-state index < -0.39 is 27.6 Å². The summed E-state index contributed by atoms with van der Waals surface area (Å²) in [7, 11) is -1.47. The third-order valence-electron chi connectivity index (χ3n) is 4.80. The van der Waals surface area contributed by atoms with Crippen LogP contribution in [0.4, 0.5) is 4.79 Å². The number of fused-ring (bicyclic) bond motifs is 1. The van der Waals surface area contributed by atoms with Crippen LogP contribution in [0.5, 0.6) is 0 Å². The van der Waals surface area contributed by atoms with Crippen LogP contribution >= 0.6 is 0 Å². The van der Waals surface area contributed by atoms with Crippen molar-refractivity contribution in [2.24, 2.45) is 0 Å². The smallest absolute Gasteiger partial charge is 0.407 e. The van der Waals surface area contributed by atoms with Crippen LogP contribution in [0.2, 0.25) is 0 Å². The van der Waals surface area contributed by atoms with Crippen molar-refractivity contribution in [1.29, 1.82) is 0 Å². The number of carbonyl (C=O) groups is 2. The van der Waals surface area contributed by atoms with Gasteiger partial charge in [-0.15, -0.1) is 0 Å². The quantitative estimate of drug-likeness (QED) is 0.603. The van der Waals surface area contributed by atoms with Gasteiger partial charge in [0.1, 0.15) is 5.54 Å². The topological polar surface area (TPSA) is 104 Å². The molecule has 1 N–H and O–H groups in total. The number of carbonyl (C=O) groups excluding carboxylic acids is 2. The highest BCUT2D eigenvalue weighted by Gasteiger charge is 2.38. The molecule has 0 aliphatic carbocycles. The molecule has 0 saturated heterocycles. The summed E-state index contributed by atoms with van der Waals surface area (Å²) in [6, 6.07) is 15.0. The summed E-state index contributed by atoms with van der Waals surface area (Å²) in [6.07, 6.45) is 0.656. The predicted octanol–water partition coefficient (Wildman–Crippen LogP) is 2.71. The maximum Gasteiger partial charge on any atom is 0.407 e. The summed E-state index contributed by atoms with van der Waals surface area (Å²) in [5.41, 5.74) is -0.455. The van der Waals surface area contributed by atoms with E-state index in [-0.39, 0.29) is 11.3 Å². The Kier molecular flexibility index (Phi) is 5.84. The molecule has 30 heavy (non-hydrogen) atoms. The minimum absolute atomic E-state index is 0.00734. The monoisotopic (exact) mass is 430 g/mol. The molecule has 8 nitrogen and oxygen atoms in total. The molecular weight excluding hydrogens is 408 g/mol. The van der Waals surface area contributed by atoms with Crippen molar-refractivity contribution in [2.75, 3.05) is 14.2 Å². The third-order valence-corrected chi connectivity index (χ3v) is 6.49. The Morgan fingerprint density at radius 3 is 2.27 bits per heavy atom. The predicted molar refractivity (Wildman–Crippen MR) is 111 cm³/mol. The lowest BCUT2D eigenvalue weighted by atomic mass is 9.92. The fourth-order valence-corrected chi connectivity index (χ4v) is 4.73. The van der Waals surface area contributed by atoms with Crippen LogP contribution in [-0.4, -0.2) is 44.2 Å². The zero-order valence-corrected chi connectivity index (χ0v) is 17.6. The molecule has 158 valence electrons. The van der Waals surface area contributed by atoms with E-state index in [0.29, 0.717) is 16.5 Å². The highest BCUT2D eigenvalue weighted by molar-refractivity contribution is 7.90. The molecule has 1 heterocycles. The van der Waals surface area contributed by atoms with Gasteiger partial charge in [0.15, 0.2) is 0 Å². The van der Waals surface area contributed by atoms with Gasteiger partial charge in [-0.05, 0) is 30.7 Å². The Morgan fingerprint density at radius 1 is 1.00 bits per heavy atom. The standard InChI is InChI=1S/C21H22N2O6S/c1-21(19(24)28-2,22-20(25)29-3)13-15-14-23(18-12-8-7-11-17(15)18)30(26,27)16-9-5-4-6-10-16/h4-12,14H,13H2,1-3H3,(H,22,25)/t21-/m0/s1. The number of aromatic nitrogens is 1. The van der Waals surface area contributed by atoms with Crippen LogP contribution in [0, 0.1) is 0 Å². The van der Waals surface area contributed by atoms with Crippen LogP contribution in [0.25, 0.3) is 10.9 Å².